The molecule has 1 N–H and O–H groups in total. The molecule has 0 saturated carbocycles. The van der Waals surface area contributed by atoms with Gasteiger partial charge in [-0.3, -0.25) is 4.79 Å². The van der Waals surface area contributed by atoms with Crippen LogP contribution in [0.5, 0.6) is 0 Å². The summed E-state index contributed by atoms with van der Waals surface area (Å²) in [6.07, 6.45) is 3.60. The first-order valence-corrected chi connectivity index (χ1v) is 10.3. The van der Waals surface area contributed by atoms with E-state index < -0.39 is 15.9 Å². The smallest absolute Gasteiger partial charge is 0.322 e. The summed E-state index contributed by atoms with van der Waals surface area (Å²) in [5.41, 5.74) is 0.498. The summed E-state index contributed by atoms with van der Waals surface area (Å²) >= 11 is 0. The third-order valence-corrected chi connectivity index (χ3v) is 5.47. The number of unbranched alkanes of at least 4 members (excludes halogenated alkanes) is 1. The van der Waals surface area contributed by atoms with Crippen molar-refractivity contribution in [1.29, 1.82) is 0 Å². The van der Waals surface area contributed by atoms with Crippen molar-refractivity contribution >= 4 is 27.5 Å². The topological polar surface area (TPSA) is 86.8 Å². The molecular weight excluding hydrogens is 342 g/mol. The molecule has 3 amide bonds. The fraction of sp³-hybridized carbons (Fsp3) is 0.529. The number of hydrogen-bond acceptors (Lipinski definition) is 4. The van der Waals surface area contributed by atoms with Crippen LogP contribution in [0.2, 0.25) is 0 Å². The molecule has 8 heteroatoms. The number of rotatable bonds is 5. The SMILES string of the molecule is CCCC[C@@H]1C(=O)N(C)CCN1C(=O)Nc1ccc(S(C)(=O)=O)cc1. The minimum absolute atomic E-state index is 0.0396. The van der Waals surface area contributed by atoms with Gasteiger partial charge in [0.05, 0.1) is 4.90 Å². The second-order valence-electron chi connectivity index (χ2n) is 6.34. The van der Waals surface area contributed by atoms with Crippen molar-refractivity contribution in [1.82, 2.24) is 9.80 Å². The number of amides is 3. The Morgan fingerprint density at radius 2 is 1.88 bits per heavy atom. The number of piperazine rings is 1. The highest BCUT2D eigenvalue weighted by Gasteiger charge is 2.35. The molecule has 1 heterocycles. The van der Waals surface area contributed by atoms with Crippen LogP contribution in [0.3, 0.4) is 0 Å². The van der Waals surface area contributed by atoms with Crippen molar-refractivity contribution in [3.8, 4) is 0 Å². The fourth-order valence-electron chi connectivity index (χ4n) is 2.81. The number of carbonyl (C=O) groups excluding carboxylic acids is 2. The lowest BCUT2D eigenvalue weighted by Crippen LogP contribution is -2.58. The lowest BCUT2D eigenvalue weighted by atomic mass is 10.0. The van der Waals surface area contributed by atoms with Gasteiger partial charge in [0.1, 0.15) is 6.04 Å². The Labute approximate surface area is 148 Å². The Kier molecular flexibility index (Phi) is 6.05. The predicted molar refractivity (Wildman–Crippen MR) is 96.2 cm³/mol. The highest BCUT2D eigenvalue weighted by atomic mass is 32.2. The molecular formula is C17H25N3O4S. The number of hydrogen-bond donors (Lipinski definition) is 1. The van der Waals surface area contributed by atoms with Gasteiger partial charge in [0.2, 0.25) is 5.91 Å². The molecule has 1 aliphatic rings. The van der Waals surface area contributed by atoms with Gasteiger partial charge in [0.15, 0.2) is 9.84 Å². The highest BCUT2D eigenvalue weighted by molar-refractivity contribution is 7.90. The summed E-state index contributed by atoms with van der Waals surface area (Å²) in [6, 6.07) is 5.22. The molecule has 0 radical (unpaired) electrons. The molecule has 1 atom stereocenters. The van der Waals surface area contributed by atoms with E-state index >= 15 is 0 Å². The van der Waals surface area contributed by atoms with E-state index in [0.29, 0.717) is 25.2 Å². The molecule has 7 nitrogen and oxygen atoms in total. The molecule has 1 fully saturated rings. The van der Waals surface area contributed by atoms with E-state index in [-0.39, 0.29) is 16.8 Å². The molecule has 0 aliphatic carbocycles. The predicted octanol–water partition coefficient (Wildman–Crippen LogP) is 1.95. The maximum atomic E-state index is 12.6. The van der Waals surface area contributed by atoms with Crippen LogP contribution in [-0.4, -0.2) is 62.6 Å². The van der Waals surface area contributed by atoms with E-state index in [4.69, 9.17) is 0 Å². The zero-order chi connectivity index (χ0) is 18.6. The minimum atomic E-state index is -3.27. The average molecular weight is 367 g/mol. The molecule has 1 aliphatic heterocycles. The van der Waals surface area contributed by atoms with E-state index in [1.165, 1.54) is 12.1 Å². The Hall–Kier alpha value is -2.09. The van der Waals surface area contributed by atoms with Crippen molar-refractivity contribution in [3.63, 3.8) is 0 Å². The Bertz CT molecular complexity index is 731. The zero-order valence-electron chi connectivity index (χ0n) is 14.9. The van der Waals surface area contributed by atoms with E-state index in [1.807, 2.05) is 6.92 Å². The Morgan fingerprint density at radius 1 is 1.24 bits per heavy atom. The zero-order valence-corrected chi connectivity index (χ0v) is 15.7. The van der Waals surface area contributed by atoms with Crippen molar-refractivity contribution in [2.24, 2.45) is 0 Å². The van der Waals surface area contributed by atoms with Gasteiger partial charge < -0.3 is 15.1 Å². The first-order valence-electron chi connectivity index (χ1n) is 8.36. The third kappa shape index (κ3) is 4.72. The van der Waals surface area contributed by atoms with Crippen LogP contribution in [-0.2, 0) is 14.6 Å². The van der Waals surface area contributed by atoms with Crippen molar-refractivity contribution in [2.45, 2.75) is 37.1 Å². The molecule has 0 spiro atoms. The monoisotopic (exact) mass is 367 g/mol. The molecule has 1 aromatic carbocycles. The number of anilines is 1. The van der Waals surface area contributed by atoms with Gasteiger partial charge in [0, 0.05) is 32.1 Å². The van der Waals surface area contributed by atoms with E-state index in [2.05, 4.69) is 5.32 Å². The number of likely N-dealkylation sites (N-methyl/N-ethyl adjacent to an activating group) is 1. The standard InChI is InChI=1S/C17H25N3O4S/c1-4-5-6-15-16(21)19(2)11-12-20(15)17(22)18-13-7-9-14(10-8-13)25(3,23)24/h7-10,15H,4-6,11-12H2,1-3H3,(H,18,22)/t15-/m1/s1. The van der Waals surface area contributed by atoms with E-state index in [1.54, 1.807) is 29.0 Å². The summed E-state index contributed by atoms with van der Waals surface area (Å²) in [5, 5.41) is 2.75. The molecule has 1 saturated heterocycles. The van der Waals surface area contributed by atoms with Gasteiger partial charge in [-0.1, -0.05) is 19.8 Å². The van der Waals surface area contributed by atoms with Gasteiger partial charge in [-0.2, -0.15) is 0 Å². The second kappa shape index (κ2) is 7.86. The summed E-state index contributed by atoms with van der Waals surface area (Å²) in [6.45, 7) is 3.02. The molecule has 0 unspecified atom stereocenters. The number of benzene rings is 1. The second-order valence-corrected chi connectivity index (χ2v) is 8.35. The summed E-state index contributed by atoms with van der Waals surface area (Å²) in [5.74, 6) is -0.0396. The normalized spacial score (nSPS) is 18.4. The van der Waals surface area contributed by atoms with Crippen molar-refractivity contribution in [3.05, 3.63) is 24.3 Å². The quantitative estimate of drug-likeness (QED) is 0.862. The molecule has 0 bridgehead atoms. The number of nitrogens with one attached hydrogen (secondary N) is 1. The largest absolute Gasteiger partial charge is 0.342 e. The van der Waals surface area contributed by atoms with Crippen LogP contribution in [0.25, 0.3) is 0 Å². The van der Waals surface area contributed by atoms with Gasteiger partial charge in [-0.05, 0) is 30.7 Å². The van der Waals surface area contributed by atoms with Crippen molar-refractivity contribution in [2.75, 3.05) is 31.7 Å². The van der Waals surface area contributed by atoms with E-state index in [0.717, 1.165) is 19.1 Å². The maximum Gasteiger partial charge on any atom is 0.322 e. The van der Waals surface area contributed by atoms with E-state index in [9.17, 15) is 18.0 Å². The van der Waals surface area contributed by atoms with Crippen LogP contribution >= 0.6 is 0 Å². The molecule has 1 aromatic rings. The Morgan fingerprint density at radius 3 is 2.44 bits per heavy atom. The summed E-state index contributed by atoms with van der Waals surface area (Å²) in [4.78, 5) is 28.4. The number of carbonyl (C=O) groups is 2. The number of sulfone groups is 1. The van der Waals surface area contributed by atoms with Gasteiger partial charge >= 0.3 is 6.03 Å². The lowest BCUT2D eigenvalue weighted by molar-refractivity contribution is -0.138. The number of nitrogens with zero attached hydrogens (tertiary/aromatic N) is 2. The minimum Gasteiger partial charge on any atom is -0.342 e. The average Bonchev–Trinajstić information content (AvgIpc) is 2.55. The first-order chi connectivity index (χ1) is 11.7. The highest BCUT2D eigenvalue weighted by Crippen LogP contribution is 2.19. The lowest BCUT2D eigenvalue weighted by Gasteiger charge is -2.39. The van der Waals surface area contributed by atoms with Crippen LogP contribution in [0.15, 0.2) is 29.2 Å². The fourth-order valence-corrected chi connectivity index (χ4v) is 3.44. The van der Waals surface area contributed by atoms with Crippen molar-refractivity contribution < 1.29 is 18.0 Å². The number of urea groups is 1. The van der Waals surface area contributed by atoms with Gasteiger partial charge in [-0.15, -0.1) is 0 Å². The molecule has 0 aromatic heterocycles. The Balaban J connectivity index is 2.11. The molecule has 25 heavy (non-hydrogen) atoms. The van der Waals surface area contributed by atoms with Crippen LogP contribution in [0, 0.1) is 0 Å². The maximum absolute atomic E-state index is 12.6. The van der Waals surface area contributed by atoms with Gasteiger partial charge in [-0.25, -0.2) is 13.2 Å². The van der Waals surface area contributed by atoms with Gasteiger partial charge in [0.25, 0.3) is 0 Å². The molecule has 2 rings (SSSR count). The third-order valence-electron chi connectivity index (χ3n) is 4.34. The summed E-state index contributed by atoms with van der Waals surface area (Å²) < 4.78 is 23.0. The first kappa shape index (κ1) is 19.2. The molecule has 138 valence electrons. The summed E-state index contributed by atoms with van der Waals surface area (Å²) in [7, 11) is -1.52. The van der Waals surface area contributed by atoms with Crippen LogP contribution < -0.4 is 5.32 Å². The van der Waals surface area contributed by atoms with Crippen LogP contribution in [0.1, 0.15) is 26.2 Å². The van der Waals surface area contributed by atoms with Crippen LogP contribution in [0.4, 0.5) is 10.5 Å².